The minimum Gasteiger partial charge on any atom is -0.337 e. The van der Waals surface area contributed by atoms with Crippen LogP contribution in [0.2, 0.25) is 0 Å². The fourth-order valence-corrected chi connectivity index (χ4v) is 3.14. The summed E-state index contributed by atoms with van der Waals surface area (Å²) in [6.45, 7) is 0. The Morgan fingerprint density at radius 1 is 1.18 bits per heavy atom. The molecule has 1 rings (SSSR count). The molecule has 5 heteroatoms. The van der Waals surface area contributed by atoms with E-state index in [0.29, 0.717) is 0 Å². The van der Waals surface area contributed by atoms with E-state index in [9.17, 15) is 0 Å². The first-order valence-corrected chi connectivity index (χ1v) is 7.01. The van der Waals surface area contributed by atoms with Crippen LogP contribution in [0.15, 0.2) is 35.2 Å². The third-order valence-corrected chi connectivity index (χ3v) is 3.71. The molecule has 0 aromatic heterocycles. The minimum absolute atomic E-state index is 0.792. The SMILES string of the molecule is OP(O)(=S)Sc1ccccc1. The Labute approximate surface area is 74.2 Å². The zero-order valence-corrected chi connectivity index (χ0v) is 8.07. The molecular weight excluding hydrogens is 199 g/mol. The first-order valence-electron chi connectivity index (χ1n) is 2.88. The zero-order chi connectivity index (χ0) is 8.32. The minimum atomic E-state index is -3.14. The molecule has 0 fully saturated rings. The van der Waals surface area contributed by atoms with Crippen molar-refractivity contribution in [3.8, 4) is 0 Å². The van der Waals surface area contributed by atoms with Crippen LogP contribution >= 0.6 is 17.1 Å². The van der Waals surface area contributed by atoms with Gasteiger partial charge in [-0.2, -0.15) is 0 Å². The molecule has 0 unspecified atom stereocenters. The summed E-state index contributed by atoms with van der Waals surface area (Å²) in [6, 6.07) is 9.10. The van der Waals surface area contributed by atoms with Crippen molar-refractivity contribution in [2.45, 2.75) is 4.90 Å². The van der Waals surface area contributed by atoms with Crippen LogP contribution < -0.4 is 0 Å². The monoisotopic (exact) mass is 206 g/mol. The van der Waals surface area contributed by atoms with E-state index >= 15 is 0 Å². The van der Waals surface area contributed by atoms with Crippen molar-refractivity contribution in [2.75, 3.05) is 0 Å². The van der Waals surface area contributed by atoms with Crippen LogP contribution in [-0.4, -0.2) is 9.79 Å². The quantitative estimate of drug-likeness (QED) is 0.726. The molecule has 1 aromatic rings. The van der Waals surface area contributed by atoms with Crippen molar-refractivity contribution in [3.63, 3.8) is 0 Å². The largest absolute Gasteiger partial charge is 0.337 e. The highest BCUT2D eigenvalue weighted by Gasteiger charge is 2.08. The summed E-state index contributed by atoms with van der Waals surface area (Å²) in [5.74, 6) is 0. The van der Waals surface area contributed by atoms with Crippen LogP contribution in [0.25, 0.3) is 0 Å². The van der Waals surface area contributed by atoms with Crippen molar-refractivity contribution >= 4 is 28.9 Å². The molecule has 0 aliphatic carbocycles. The van der Waals surface area contributed by atoms with Crippen LogP contribution in [0, 0.1) is 0 Å². The van der Waals surface area contributed by atoms with Gasteiger partial charge in [0.2, 0.25) is 5.69 Å². The summed E-state index contributed by atoms with van der Waals surface area (Å²) in [7, 11) is 0. The Morgan fingerprint density at radius 3 is 2.18 bits per heavy atom. The van der Waals surface area contributed by atoms with Gasteiger partial charge in [0, 0.05) is 4.90 Å². The summed E-state index contributed by atoms with van der Waals surface area (Å²) in [5, 5.41) is 0. The first kappa shape index (κ1) is 9.23. The number of hydrogen-bond acceptors (Lipinski definition) is 2. The molecular formula is C6H7O2PS2. The van der Waals surface area contributed by atoms with Crippen LogP contribution in [-0.2, 0) is 11.8 Å². The Balaban J connectivity index is 2.74. The average molecular weight is 206 g/mol. The molecule has 11 heavy (non-hydrogen) atoms. The summed E-state index contributed by atoms with van der Waals surface area (Å²) >= 11 is 5.39. The van der Waals surface area contributed by atoms with E-state index in [-0.39, 0.29) is 0 Å². The van der Waals surface area contributed by atoms with E-state index in [0.717, 1.165) is 16.3 Å². The number of hydrogen-bond donors (Lipinski definition) is 2. The van der Waals surface area contributed by atoms with E-state index in [1.807, 2.05) is 18.2 Å². The highest BCUT2D eigenvalue weighted by Crippen LogP contribution is 2.54. The van der Waals surface area contributed by atoms with Crippen LogP contribution in [0.4, 0.5) is 0 Å². The first-order chi connectivity index (χ1) is 5.08. The Kier molecular flexibility index (Phi) is 3.10. The standard InChI is InChI=1S/C6H7O2PS2/c7-9(8,10)11-6-4-2-1-3-5-6/h1-5H,(H2,7,8,10). The van der Waals surface area contributed by atoms with Crippen LogP contribution in [0.3, 0.4) is 0 Å². The Hall–Kier alpha value is 0.140. The maximum Gasteiger partial charge on any atom is 0.246 e. The van der Waals surface area contributed by atoms with Gasteiger partial charge >= 0.3 is 0 Å². The zero-order valence-electron chi connectivity index (χ0n) is 5.54. The lowest BCUT2D eigenvalue weighted by atomic mass is 10.4. The molecule has 0 heterocycles. The lowest BCUT2D eigenvalue weighted by molar-refractivity contribution is 0.502. The summed E-state index contributed by atoms with van der Waals surface area (Å²) in [6.07, 6.45) is 0. The van der Waals surface area contributed by atoms with Gasteiger partial charge in [-0.1, -0.05) is 18.2 Å². The molecule has 60 valence electrons. The molecule has 0 bridgehead atoms. The van der Waals surface area contributed by atoms with E-state index < -0.39 is 5.69 Å². The molecule has 1 aromatic carbocycles. The van der Waals surface area contributed by atoms with Crippen LogP contribution in [0.1, 0.15) is 0 Å². The van der Waals surface area contributed by atoms with E-state index in [1.165, 1.54) is 0 Å². The lowest BCUT2D eigenvalue weighted by Gasteiger charge is -2.04. The van der Waals surface area contributed by atoms with E-state index in [1.54, 1.807) is 12.1 Å². The van der Waals surface area contributed by atoms with Gasteiger partial charge in [-0.05, 0) is 35.3 Å². The second kappa shape index (κ2) is 3.70. The van der Waals surface area contributed by atoms with Crippen molar-refractivity contribution < 1.29 is 9.79 Å². The highest BCUT2D eigenvalue weighted by molar-refractivity contribution is 8.67. The molecule has 0 amide bonds. The molecule has 0 radical (unpaired) electrons. The maximum atomic E-state index is 8.92. The van der Waals surface area contributed by atoms with Gasteiger partial charge in [0.1, 0.15) is 0 Å². The van der Waals surface area contributed by atoms with Gasteiger partial charge < -0.3 is 9.79 Å². The number of benzene rings is 1. The molecule has 2 N–H and O–H groups in total. The van der Waals surface area contributed by atoms with E-state index in [4.69, 9.17) is 9.79 Å². The van der Waals surface area contributed by atoms with E-state index in [2.05, 4.69) is 11.8 Å². The molecule has 0 aliphatic heterocycles. The normalized spacial score (nSPS) is 11.5. The summed E-state index contributed by atoms with van der Waals surface area (Å²) < 4.78 is 0. The third-order valence-electron chi connectivity index (χ3n) is 0.968. The van der Waals surface area contributed by atoms with Gasteiger partial charge in [-0.3, -0.25) is 0 Å². The Bertz CT molecular complexity index is 269. The molecule has 0 saturated heterocycles. The van der Waals surface area contributed by atoms with Crippen molar-refractivity contribution in [3.05, 3.63) is 30.3 Å². The molecule has 0 atom stereocenters. The van der Waals surface area contributed by atoms with Gasteiger partial charge in [-0.25, -0.2) is 0 Å². The topological polar surface area (TPSA) is 40.5 Å². The molecule has 0 aliphatic rings. The highest BCUT2D eigenvalue weighted by atomic mass is 32.9. The third kappa shape index (κ3) is 3.89. The maximum absolute atomic E-state index is 8.92. The Morgan fingerprint density at radius 2 is 1.73 bits per heavy atom. The summed E-state index contributed by atoms with van der Waals surface area (Å²) in [4.78, 5) is 18.6. The molecule has 0 spiro atoms. The second-order valence-electron chi connectivity index (χ2n) is 1.89. The van der Waals surface area contributed by atoms with Crippen molar-refractivity contribution in [1.82, 2.24) is 0 Å². The molecule has 0 saturated carbocycles. The fraction of sp³-hybridized carbons (Fsp3) is 0. The lowest BCUT2D eigenvalue weighted by Crippen LogP contribution is -1.70. The van der Waals surface area contributed by atoms with Crippen molar-refractivity contribution in [2.24, 2.45) is 0 Å². The van der Waals surface area contributed by atoms with Crippen molar-refractivity contribution in [1.29, 1.82) is 0 Å². The van der Waals surface area contributed by atoms with Gasteiger partial charge in [0.15, 0.2) is 0 Å². The predicted molar refractivity (Wildman–Crippen MR) is 51.0 cm³/mol. The number of rotatable bonds is 2. The predicted octanol–water partition coefficient (Wildman–Crippen LogP) is 1.99. The molecule has 2 nitrogen and oxygen atoms in total. The summed E-state index contributed by atoms with van der Waals surface area (Å²) in [5.41, 5.74) is -3.14. The second-order valence-corrected chi connectivity index (χ2v) is 7.83. The van der Waals surface area contributed by atoms with Gasteiger partial charge in [-0.15, -0.1) is 0 Å². The van der Waals surface area contributed by atoms with Gasteiger partial charge in [0.05, 0.1) is 0 Å². The van der Waals surface area contributed by atoms with Crippen LogP contribution in [0.5, 0.6) is 0 Å². The average Bonchev–Trinajstić information content (AvgIpc) is 1.85. The van der Waals surface area contributed by atoms with Gasteiger partial charge in [0.25, 0.3) is 0 Å². The fourth-order valence-electron chi connectivity index (χ4n) is 0.619. The smallest absolute Gasteiger partial charge is 0.246 e.